The Morgan fingerprint density at radius 2 is 1.58 bits per heavy atom. The molecule has 0 atom stereocenters. The van der Waals surface area contributed by atoms with Crippen LogP contribution in [-0.4, -0.2) is 53.1 Å². The van der Waals surface area contributed by atoms with E-state index in [1.54, 1.807) is 6.07 Å². The molecule has 2 aromatic rings. The fourth-order valence-corrected chi connectivity index (χ4v) is 4.70. The summed E-state index contributed by atoms with van der Waals surface area (Å²) >= 11 is 6.24. The Bertz CT molecular complexity index is 881. The van der Waals surface area contributed by atoms with Gasteiger partial charge in [-0.25, -0.2) is 8.42 Å². The second kappa shape index (κ2) is 7.73. The average molecular weight is 397 g/mol. The van der Waals surface area contributed by atoms with Crippen molar-refractivity contribution in [2.24, 2.45) is 0 Å². The molecule has 1 saturated heterocycles. The lowest BCUT2D eigenvalue weighted by atomic mass is 10.2. The van der Waals surface area contributed by atoms with Gasteiger partial charge in [0.1, 0.15) is 0 Å². The summed E-state index contributed by atoms with van der Waals surface area (Å²) in [5.41, 5.74) is 0.928. The minimum atomic E-state index is -3.60. The number of benzene rings is 2. The number of anilines is 1. The predicted octanol–water partition coefficient (Wildman–Crippen LogP) is 2.87. The average Bonchev–Trinajstić information content (AvgIpc) is 2.68. The number of piperazine rings is 1. The van der Waals surface area contributed by atoms with Crippen LogP contribution in [0.15, 0.2) is 47.4 Å². The molecular formula is C18H21ClN2O4S. The van der Waals surface area contributed by atoms with Crippen molar-refractivity contribution in [3.05, 3.63) is 47.5 Å². The van der Waals surface area contributed by atoms with E-state index in [2.05, 4.69) is 4.90 Å². The number of ether oxygens (including phenoxy) is 2. The molecule has 0 N–H and O–H groups in total. The molecule has 3 rings (SSSR count). The zero-order valence-corrected chi connectivity index (χ0v) is 16.3. The summed E-state index contributed by atoms with van der Waals surface area (Å²) in [4.78, 5) is 2.30. The van der Waals surface area contributed by atoms with E-state index in [1.165, 1.54) is 30.7 Å². The van der Waals surface area contributed by atoms with Crippen molar-refractivity contribution in [1.82, 2.24) is 4.31 Å². The number of rotatable bonds is 5. The molecule has 1 heterocycles. The van der Waals surface area contributed by atoms with Gasteiger partial charge in [0.05, 0.1) is 29.8 Å². The van der Waals surface area contributed by atoms with Gasteiger partial charge in [-0.1, -0.05) is 23.7 Å². The molecule has 1 aliphatic heterocycles. The summed E-state index contributed by atoms with van der Waals surface area (Å²) in [5.74, 6) is 0.887. The quantitative estimate of drug-likeness (QED) is 0.777. The van der Waals surface area contributed by atoms with Gasteiger partial charge in [0.15, 0.2) is 11.5 Å². The van der Waals surface area contributed by atoms with Gasteiger partial charge in [0, 0.05) is 32.2 Å². The SMILES string of the molecule is COc1ccc(S(=O)(=O)N2CCN(c3ccccc3Cl)CC2)cc1OC. The lowest BCUT2D eigenvalue weighted by molar-refractivity contribution is 0.353. The first kappa shape index (κ1) is 18.8. The number of halogens is 1. The molecule has 0 radical (unpaired) electrons. The molecule has 0 aliphatic carbocycles. The van der Waals surface area contributed by atoms with Gasteiger partial charge in [-0.15, -0.1) is 0 Å². The Balaban J connectivity index is 1.77. The van der Waals surface area contributed by atoms with Crippen LogP contribution >= 0.6 is 11.6 Å². The van der Waals surface area contributed by atoms with Gasteiger partial charge in [-0.2, -0.15) is 4.31 Å². The highest BCUT2D eigenvalue weighted by Crippen LogP contribution is 2.31. The maximum absolute atomic E-state index is 13.0. The van der Waals surface area contributed by atoms with E-state index in [0.29, 0.717) is 42.7 Å². The summed E-state index contributed by atoms with van der Waals surface area (Å²) < 4.78 is 37.8. The van der Waals surface area contributed by atoms with Gasteiger partial charge in [-0.05, 0) is 24.3 Å². The first-order chi connectivity index (χ1) is 12.5. The van der Waals surface area contributed by atoms with Crippen LogP contribution in [-0.2, 0) is 10.0 Å². The van der Waals surface area contributed by atoms with Crippen LogP contribution in [0.5, 0.6) is 11.5 Å². The summed E-state index contributed by atoms with van der Waals surface area (Å²) in [6.07, 6.45) is 0. The van der Waals surface area contributed by atoms with Gasteiger partial charge in [0.25, 0.3) is 0 Å². The van der Waals surface area contributed by atoms with Crippen LogP contribution in [0.3, 0.4) is 0 Å². The van der Waals surface area contributed by atoms with Crippen molar-refractivity contribution in [3.8, 4) is 11.5 Å². The third kappa shape index (κ3) is 3.60. The highest BCUT2D eigenvalue weighted by molar-refractivity contribution is 7.89. The fourth-order valence-electron chi connectivity index (χ4n) is 3.00. The third-order valence-electron chi connectivity index (χ3n) is 4.42. The molecule has 1 fully saturated rings. The van der Waals surface area contributed by atoms with Crippen LogP contribution in [0.2, 0.25) is 5.02 Å². The molecule has 8 heteroatoms. The largest absolute Gasteiger partial charge is 0.493 e. The summed E-state index contributed by atoms with van der Waals surface area (Å²) in [6, 6.07) is 12.2. The molecule has 0 aromatic heterocycles. The highest BCUT2D eigenvalue weighted by atomic mass is 35.5. The first-order valence-electron chi connectivity index (χ1n) is 8.19. The summed E-state index contributed by atoms with van der Waals surface area (Å²) in [6.45, 7) is 1.94. The maximum atomic E-state index is 13.0. The Morgan fingerprint density at radius 1 is 0.923 bits per heavy atom. The number of methoxy groups -OCH3 is 2. The monoisotopic (exact) mass is 396 g/mol. The minimum Gasteiger partial charge on any atom is -0.493 e. The minimum absolute atomic E-state index is 0.196. The molecular weight excluding hydrogens is 376 g/mol. The van der Waals surface area contributed by atoms with Crippen molar-refractivity contribution in [3.63, 3.8) is 0 Å². The summed E-state index contributed by atoms with van der Waals surface area (Å²) in [7, 11) is -0.601. The molecule has 0 amide bonds. The molecule has 0 bridgehead atoms. The smallest absolute Gasteiger partial charge is 0.243 e. The molecule has 0 unspecified atom stereocenters. The molecule has 0 spiro atoms. The molecule has 2 aromatic carbocycles. The van der Waals surface area contributed by atoms with Crippen LogP contribution in [0.4, 0.5) is 5.69 Å². The van der Waals surface area contributed by atoms with Crippen molar-refractivity contribution in [2.75, 3.05) is 45.3 Å². The Kier molecular flexibility index (Phi) is 5.60. The molecule has 0 saturated carbocycles. The number of hydrogen-bond acceptors (Lipinski definition) is 5. The van der Waals surface area contributed by atoms with Crippen molar-refractivity contribution >= 4 is 27.3 Å². The van der Waals surface area contributed by atoms with Crippen LogP contribution in [0, 0.1) is 0 Å². The van der Waals surface area contributed by atoms with Crippen molar-refractivity contribution in [1.29, 1.82) is 0 Å². The Morgan fingerprint density at radius 3 is 2.19 bits per heavy atom. The zero-order chi connectivity index (χ0) is 18.7. The molecule has 1 aliphatic rings. The topological polar surface area (TPSA) is 59.1 Å². The van der Waals surface area contributed by atoms with E-state index in [0.717, 1.165) is 5.69 Å². The fraction of sp³-hybridized carbons (Fsp3) is 0.333. The van der Waals surface area contributed by atoms with Gasteiger partial charge >= 0.3 is 0 Å². The Hall–Kier alpha value is -1.96. The van der Waals surface area contributed by atoms with Crippen LogP contribution in [0.1, 0.15) is 0 Å². The van der Waals surface area contributed by atoms with E-state index in [9.17, 15) is 8.42 Å². The van der Waals surface area contributed by atoms with Crippen molar-refractivity contribution < 1.29 is 17.9 Å². The first-order valence-corrected chi connectivity index (χ1v) is 10.0. The third-order valence-corrected chi connectivity index (χ3v) is 6.64. The molecule has 26 heavy (non-hydrogen) atoms. The van der Waals surface area contributed by atoms with Gasteiger partial charge < -0.3 is 14.4 Å². The molecule has 6 nitrogen and oxygen atoms in total. The number of nitrogens with zero attached hydrogens (tertiary/aromatic N) is 2. The maximum Gasteiger partial charge on any atom is 0.243 e. The predicted molar refractivity (Wildman–Crippen MR) is 102 cm³/mol. The zero-order valence-electron chi connectivity index (χ0n) is 14.7. The van der Waals surface area contributed by atoms with Crippen LogP contribution < -0.4 is 14.4 Å². The van der Waals surface area contributed by atoms with Crippen LogP contribution in [0.25, 0.3) is 0 Å². The van der Waals surface area contributed by atoms with E-state index in [-0.39, 0.29) is 4.90 Å². The van der Waals surface area contributed by atoms with E-state index in [4.69, 9.17) is 21.1 Å². The second-order valence-corrected chi connectivity index (χ2v) is 8.20. The molecule has 140 valence electrons. The second-order valence-electron chi connectivity index (χ2n) is 5.86. The number of hydrogen-bond donors (Lipinski definition) is 0. The number of sulfonamides is 1. The lowest BCUT2D eigenvalue weighted by Gasteiger charge is -2.35. The van der Waals surface area contributed by atoms with Crippen molar-refractivity contribution in [2.45, 2.75) is 4.90 Å². The highest BCUT2D eigenvalue weighted by Gasteiger charge is 2.29. The van der Waals surface area contributed by atoms with E-state index < -0.39 is 10.0 Å². The van der Waals surface area contributed by atoms with Gasteiger partial charge in [-0.3, -0.25) is 0 Å². The van der Waals surface area contributed by atoms with E-state index in [1.807, 2.05) is 24.3 Å². The lowest BCUT2D eigenvalue weighted by Crippen LogP contribution is -2.48. The standard InChI is InChI=1S/C18H21ClN2O4S/c1-24-17-8-7-14(13-18(17)25-2)26(22,23)21-11-9-20(10-12-21)16-6-4-3-5-15(16)19/h3-8,13H,9-12H2,1-2H3. The summed E-state index contributed by atoms with van der Waals surface area (Å²) in [5, 5.41) is 0.670. The number of para-hydroxylation sites is 1. The Labute approximate surface area is 158 Å². The van der Waals surface area contributed by atoms with Gasteiger partial charge in [0.2, 0.25) is 10.0 Å². The normalized spacial score (nSPS) is 15.7. The van der Waals surface area contributed by atoms with E-state index >= 15 is 0 Å².